The fourth-order valence-electron chi connectivity index (χ4n) is 2.72. The largest absolute Gasteiger partial charge is 0.330 e. The highest BCUT2D eigenvalue weighted by Crippen LogP contribution is 2.10. The number of nitrogens with zero attached hydrogens (tertiary/aromatic N) is 1. The zero-order valence-corrected chi connectivity index (χ0v) is 13.9. The Morgan fingerprint density at radius 2 is 1.43 bits per heavy atom. The number of hydrogen-bond acceptors (Lipinski definition) is 2. The summed E-state index contributed by atoms with van der Waals surface area (Å²) in [6.07, 6.45) is 10.8. The number of rotatable bonds is 13. The molecule has 2 N–H and O–H groups in total. The minimum Gasteiger partial charge on any atom is -0.330 e. The van der Waals surface area contributed by atoms with Crippen molar-refractivity contribution in [1.82, 2.24) is 4.90 Å². The van der Waals surface area contributed by atoms with E-state index in [1.165, 1.54) is 57.1 Å². The molecule has 2 nitrogen and oxygen atoms in total. The molecule has 1 rings (SSSR count). The first-order valence-electron chi connectivity index (χ1n) is 8.83. The van der Waals surface area contributed by atoms with Gasteiger partial charge in [-0.15, -0.1) is 0 Å². The van der Waals surface area contributed by atoms with E-state index in [0.29, 0.717) is 0 Å². The highest BCUT2D eigenvalue weighted by Gasteiger charge is 2.05. The van der Waals surface area contributed by atoms with Crippen molar-refractivity contribution in [1.29, 1.82) is 0 Å². The topological polar surface area (TPSA) is 29.3 Å². The highest BCUT2D eigenvalue weighted by atomic mass is 15.1. The van der Waals surface area contributed by atoms with Crippen LogP contribution in [0.15, 0.2) is 30.3 Å². The first-order valence-corrected chi connectivity index (χ1v) is 8.83. The Labute approximate surface area is 131 Å². The second-order valence-electron chi connectivity index (χ2n) is 6.03. The summed E-state index contributed by atoms with van der Waals surface area (Å²) < 4.78 is 0. The van der Waals surface area contributed by atoms with Crippen molar-refractivity contribution in [3.05, 3.63) is 35.9 Å². The molecule has 0 saturated heterocycles. The normalized spacial score (nSPS) is 11.2. The minimum atomic E-state index is 0.794. The first kappa shape index (κ1) is 18.2. The van der Waals surface area contributed by atoms with Gasteiger partial charge in [0.15, 0.2) is 0 Å². The molecule has 0 aliphatic carbocycles. The summed E-state index contributed by atoms with van der Waals surface area (Å²) in [4.78, 5) is 2.56. The molecule has 0 aliphatic rings. The summed E-state index contributed by atoms with van der Waals surface area (Å²) in [5.74, 6) is 0. The molecule has 0 spiro atoms. The summed E-state index contributed by atoms with van der Waals surface area (Å²) in [5.41, 5.74) is 7.08. The van der Waals surface area contributed by atoms with Crippen molar-refractivity contribution in [2.45, 2.75) is 64.8 Å². The minimum absolute atomic E-state index is 0.794. The third-order valence-electron chi connectivity index (χ3n) is 4.01. The number of unbranched alkanes of at least 4 members (excludes halogenated alkanes) is 6. The first-order chi connectivity index (χ1) is 10.4. The Kier molecular flexibility index (Phi) is 11.1. The Bertz CT molecular complexity index is 324. The molecular weight excluding hydrogens is 256 g/mol. The standard InChI is InChI=1S/C19H34N2/c1-2-3-4-5-6-7-11-16-21(17-12-15-20)18-19-13-9-8-10-14-19/h8-10,13-14H,2-7,11-12,15-18,20H2,1H3. The smallest absolute Gasteiger partial charge is 0.0233 e. The van der Waals surface area contributed by atoms with Crippen molar-refractivity contribution in [2.24, 2.45) is 5.73 Å². The van der Waals surface area contributed by atoms with E-state index in [1.807, 2.05) is 0 Å². The molecule has 0 atom stereocenters. The zero-order valence-electron chi connectivity index (χ0n) is 13.9. The number of hydrogen-bond donors (Lipinski definition) is 1. The Morgan fingerprint density at radius 1 is 0.810 bits per heavy atom. The van der Waals surface area contributed by atoms with Gasteiger partial charge < -0.3 is 5.73 Å². The monoisotopic (exact) mass is 290 g/mol. The van der Waals surface area contributed by atoms with Crippen LogP contribution in [0.5, 0.6) is 0 Å². The maximum atomic E-state index is 5.67. The van der Waals surface area contributed by atoms with Gasteiger partial charge in [-0.1, -0.05) is 75.8 Å². The second-order valence-corrected chi connectivity index (χ2v) is 6.03. The van der Waals surface area contributed by atoms with Gasteiger partial charge in [-0.2, -0.15) is 0 Å². The number of nitrogens with two attached hydrogens (primary N) is 1. The second kappa shape index (κ2) is 12.8. The molecule has 1 aromatic rings. The van der Waals surface area contributed by atoms with Crippen molar-refractivity contribution in [2.75, 3.05) is 19.6 Å². The van der Waals surface area contributed by atoms with Crippen molar-refractivity contribution in [3.63, 3.8) is 0 Å². The Hall–Kier alpha value is -0.860. The molecule has 0 aliphatic heterocycles. The fourth-order valence-corrected chi connectivity index (χ4v) is 2.72. The third-order valence-corrected chi connectivity index (χ3v) is 4.01. The van der Waals surface area contributed by atoms with Crippen LogP contribution < -0.4 is 5.73 Å². The van der Waals surface area contributed by atoms with E-state index in [9.17, 15) is 0 Å². The molecule has 0 amide bonds. The van der Waals surface area contributed by atoms with E-state index in [1.54, 1.807) is 0 Å². The van der Waals surface area contributed by atoms with Gasteiger partial charge in [0.2, 0.25) is 0 Å². The lowest BCUT2D eigenvalue weighted by Crippen LogP contribution is -2.27. The zero-order chi connectivity index (χ0) is 15.2. The summed E-state index contributed by atoms with van der Waals surface area (Å²) in [7, 11) is 0. The van der Waals surface area contributed by atoms with Crippen molar-refractivity contribution >= 4 is 0 Å². The molecule has 0 fully saturated rings. The van der Waals surface area contributed by atoms with Gasteiger partial charge in [0, 0.05) is 6.54 Å². The average Bonchev–Trinajstić information content (AvgIpc) is 2.52. The summed E-state index contributed by atoms with van der Waals surface area (Å²) in [6.45, 7) is 6.47. The molecule has 120 valence electrons. The van der Waals surface area contributed by atoms with Crippen LogP contribution in [0.1, 0.15) is 63.9 Å². The summed E-state index contributed by atoms with van der Waals surface area (Å²) in [5, 5.41) is 0. The van der Waals surface area contributed by atoms with Crippen molar-refractivity contribution < 1.29 is 0 Å². The van der Waals surface area contributed by atoms with Crippen LogP contribution in [-0.4, -0.2) is 24.5 Å². The van der Waals surface area contributed by atoms with E-state index >= 15 is 0 Å². The van der Waals surface area contributed by atoms with Gasteiger partial charge in [-0.05, 0) is 38.0 Å². The van der Waals surface area contributed by atoms with Crippen LogP contribution in [-0.2, 0) is 6.54 Å². The SMILES string of the molecule is CCCCCCCCCN(CCCN)Cc1ccccc1. The highest BCUT2D eigenvalue weighted by molar-refractivity contribution is 5.14. The third kappa shape index (κ3) is 9.65. The lowest BCUT2D eigenvalue weighted by molar-refractivity contribution is 0.257. The lowest BCUT2D eigenvalue weighted by Gasteiger charge is -2.22. The predicted octanol–water partition coefficient (Wildman–Crippen LogP) is 4.59. The molecule has 1 aromatic carbocycles. The van der Waals surface area contributed by atoms with E-state index < -0.39 is 0 Å². The predicted molar refractivity (Wildman–Crippen MR) is 93.4 cm³/mol. The molecule has 21 heavy (non-hydrogen) atoms. The average molecular weight is 290 g/mol. The van der Waals surface area contributed by atoms with Gasteiger partial charge in [0.25, 0.3) is 0 Å². The molecule has 0 unspecified atom stereocenters. The van der Waals surface area contributed by atoms with Crippen LogP contribution in [0.25, 0.3) is 0 Å². The quantitative estimate of drug-likeness (QED) is 0.538. The van der Waals surface area contributed by atoms with Crippen LogP contribution in [0, 0.1) is 0 Å². The number of benzene rings is 1. The fraction of sp³-hybridized carbons (Fsp3) is 0.684. The molecule has 0 saturated carbocycles. The van der Waals surface area contributed by atoms with Gasteiger partial charge >= 0.3 is 0 Å². The van der Waals surface area contributed by atoms with Gasteiger partial charge in [0.05, 0.1) is 0 Å². The maximum absolute atomic E-state index is 5.67. The molecule has 0 heterocycles. The molecular formula is C19H34N2. The molecule has 0 radical (unpaired) electrons. The van der Waals surface area contributed by atoms with Crippen LogP contribution in [0.3, 0.4) is 0 Å². The van der Waals surface area contributed by atoms with Gasteiger partial charge in [-0.3, -0.25) is 4.90 Å². The molecule has 2 heteroatoms. The molecule has 0 bridgehead atoms. The van der Waals surface area contributed by atoms with E-state index in [2.05, 4.69) is 42.2 Å². The van der Waals surface area contributed by atoms with Crippen LogP contribution in [0.4, 0.5) is 0 Å². The Balaban J connectivity index is 2.20. The maximum Gasteiger partial charge on any atom is 0.0233 e. The van der Waals surface area contributed by atoms with E-state index in [0.717, 1.165) is 26.1 Å². The van der Waals surface area contributed by atoms with Crippen LogP contribution in [0.2, 0.25) is 0 Å². The van der Waals surface area contributed by atoms with Gasteiger partial charge in [-0.25, -0.2) is 0 Å². The summed E-state index contributed by atoms with van der Waals surface area (Å²) in [6, 6.07) is 10.8. The van der Waals surface area contributed by atoms with E-state index in [4.69, 9.17) is 5.73 Å². The summed E-state index contributed by atoms with van der Waals surface area (Å²) >= 11 is 0. The van der Waals surface area contributed by atoms with Gasteiger partial charge in [0.1, 0.15) is 0 Å². The van der Waals surface area contributed by atoms with E-state index in [-0.39, 0.29) is 0 Å². The molecule has 0 aromatic heterocycles. The lowest BCUT2D eigenvalue weighted by atomic mass is 10.1. The van der Waals surface area contributed by atoms with Crippen LogP contribution >= 0.6 is 0 Å². The Morgan fingerprint density at radius 3 is 2.10 bits per heavy atom. The van der Waals surface area contributed by atoms with Crippen molar-refractivity contribution in [3.8, 4) is 0 Å².